The highest BCUT2D eigenvalue weighted by molar-refractivity contribution is 14.1. The molecule has 0 fully saturated rings. The number of nitrogens with one attached hydrogen (secondary N) is 1. The van der Waals surface area contributed by atoms with Crippen molar-refractivity contribution in [3.05, 3.63) is 62.5 Å². The number of anilines is 1. The first kappa shape index (κ1) is 23.6. The van der Waals surface area contributed by atoms with E-state index in [1.807, 2.05) is 49.7 Å². The van der Waals surface area contributed by atoms with Crippen molar-refractivity contribution in [3.8, 4) is 5.75 Å². The van der Waals surface area contributed by atoms with E-state index in [1.165, 1.54) is 11.8 Å². The van der Waals surface area contributed by atoms with Gasteiger partial charge in [0.1, 0.15) is 12.4 Å². The molecule has 1 aromatic heterocycles. The van der Waals surface area contributed by atoms with Crippen LogP contribution in [0.3, 0.4) is 0 Å². The number of ether oxygens (including phenoxy) is 1. The Kier molecular flexibility index (Phi) is 7.99. The predicted molar refractivity (Wildman–Crippen MR) is 134 cm³/mol. The SMILES string of the molecule is Cc1cc(C)cc(OCc2nnc(SCC(=O)Nc3ccc(I)cc3C(C)C)n2C)c1. The summed E-state index contributed by atoms with van der Waals surface area (Å²) < 4.78 is 8.91. The lowest BCUT2D eigenvalue weighted by atomic mass is 10.0. The summed E-state index contributed by atoms with van der Waals surface area (Å²) in [7, 11) is 1.89. The number of aryl methyl sites for hydroxylation is 2. The molecule has 0 aliphatic carbocycles. The molecule has 2 aromatic carbocycles. The second kappa shape index (κ2) is 10.5. The van der Waals surface area contributed by atoms with Crippen molar-refractivity contribution in [2.45, 2.75) is 45.4 Å². The number of hydrogen-bond acceptors (Lipinski definition) is 5. The molecule has 0 unspecified atom stereocenters. The van der Waals surface area contributed by atoms with Crippen LogP contribution in [-0.2, 0) is 18.4 Å². The summed E-state index contributed by atoms with van der Waals surface area (Å²) in [6.07, 6.45) is 0. The normalized spacial score (nSPS) is 11.1. The molecule has 0 radical (unpaired) electrons. The maximum absolute atomic E-state index is 12.5. The summed E-state index contributed by atoms with van der Waals surface area (Å²) in [5.41, 5.74) is 4.31. The van der Waals surface area contributed by atoms with Crippen LogP contribution in [0.1, 0.15) is 42.3 Å². The summed E-state index contributed by atoms with van der Waals surface area (Å²) in [6, 6.07) is 12.2. The number of nitrogens with zero attached hydrogens (tertiary/aromatic N) is 3. The van der Waals surface area contributed by atoms with Crippen LogP contribution in [0.5, 0.6) is 5.75 Å². The molecule has 1 heterocycles. The van der Waals surface area contributed by atoms with Gasteiger partial charge in [0, 0.05) is 16.3 Å². The van der Waals surface area contributed by atoms with Gasteiger partial charge in [-0.05, 0) is 89.4 Å². The molecule has 164 valence electrons. The van der Waals surface area contributed by atoms with Gasteiger partial charge < -0.3 is 14.6 Å². The molecule has 0 aliphatic rings. The van der Waals surface area contributed by atoms with Gasteiger partial charge in [-0.3, -0.25) is 4.79 Å². The molecule has 6 nitrogen and oxygen atoms in total. The van der Waals surface area contributed by atoms with Gasteiger partial charge in [-0.25, -0.2) is 0 Å². The van der Waals surface area contributed by atoms with E-state index in [1.54, 1.807) is 0 Å². The highest BCUT2D eigenvalue weighted by Crippen LogP contribution is 2.27. The van der Waals surface area contributed by atoms with E-state index in [0.717, 1.165) is 31.7 Å². The highest BCUT2D eigenvalue weighted by atomic mass is 127. The first-order chi connectivity index (χ1) is 14.7. The predicted octanol–water partition coefficient (Wildman–Crippen LogP) is 5.47. The zero-order chi connectivity index (χ0) is 22.5. The van der Waals surface area contributed by atoms with Crippen LogP contribution >= 0.6 is 34.4 Å². The fraction of sp³-hybridized carbons (Fsp3) is 0.348. The lowest BCUT2D eigenvalue weighted by molar-refractivity contribution is -0.113. The first-order valence-electron chi connectivity index (χ1n) is 10.0. The topological polar surface area (TPSA) is 69.0 Å². The van der Waals surface area contributed by atoms with Crippen LogP contribution in [0.25, 0.3) is 0 Å². The van der Waals surface area contributed by atoms with Crippen LogP contribution in [0.2, 0.25) is 0 Å². The number of benzene rings is 2. The fourth-order valence-electron chi connectivity index (χ4n) is 3.20. The van der Waals surface area contributed by atoms with Crippen molar-refractivity contribution in [1.82, 2.24) is 14.8 Å². The Balaban J connectivity index is 1.58. The molecule has 0 saturated carbocycles. The van der Waals surface area contributed by atoms with E-state index in [-0.39, 0.29) is 11.7 Å². The van der Waals surface area contributed by atoms with Crippen molar-refractivity contribution in [3.63, 3.8) is 0 Å². The van der Waals surface area contributed by atoms with E-state index in [4.69, 9.17) is 4.74 Å². The second-order valence-electron chi connectivity index (χ2n) is 7.79. The quantitative estimate of drug-likeness (QED) is 0.298. The molecule has 1 amide bonds. The minimum Gasteiger partial charge on any atom is -0.486 e. The third-order valence-corrected chi connectivity index (χ3v) is 6.42. The van der Waals surface area contributed by atoms with Gasteiger partial charge in [-0.1, -0.05) is 31.7 Å². The van der Waals surface area contributed by atoms with Crippen molar-refractivity contribution in [2.75, 3.05) is 11.1 Å². The Labute approximate surface area is 201 Å². The molecule has 31 heavy (non-hydrogen) atoms. The third kappa shape index (κ3) is 6.46. The number of carbonyl (C=O) groups is 1. The summed E-state index contributed by atoms with van der Waals surface area (Å²) in [6.45, 7) is 8.65. The van der Waals surface area contributed by atoms with Gasteiger partial charge in [-0.15, -0.1) is 10.2 Å². The van der Waals surface area contributed by atoms with Crippen molar-refractivity contribution in [1.29, 1.82) is 0 Å². The average molecular weight is 550 g/mol. The Morgan fingerprint density at radius 1 is 1.16 bits per heavy atom. The Bertz CT molecular complexity index is 1060. The van der Waals surface area contributed by atoms with Gasteiger partial charge >= 0.3 is 0 Å². The largest absolute Gasteiger partial charge is 0.486 e. The van der Waals surface area contributed by atoms with E-state index in [2.05, 4.69) is 64.1 Å². The van der Waals surface area contributed by atoms with Crippen molar-refractivity contribution >= 4 is 45.9 Å². The lowest BCUT2D eigenvalue weighted by Crippen LogP contribution is -2.16. The average Bonchev–Trinajstić information content (AvgIpc) is 3.05. The number of hydrogen-bond donors (Lipinski definition) is 1. The van der Waals surface area contributed by atoms with Crippen molar-refractivity contribution < 1.29 is 9.53 Å². The fourth-order valence-corrected chi connectivity index (χ4v) is 4.45. The third-order valence-electron chi connectivity index (χ3n) is 4.73. The Morgan fingerprint density at radius 3 is 2.55 bits per heavy atom. The molecule has 3 rings (SSSR count). The van der Waals surface area contributed by atoms with Crippen LogP contribution < -0.4 is 10.1 Å². The zero-order valence-electron chi connectivity index (χ0n) is 18.4. The van der Waals surface area contributed by atoms with Gasteiger partial charge in [0.05, 0.1) is 5.75 Å². The van der Waals surface area contributed by atoms with Gasteiger partial charge in [-0.2, -0.15) is 0 Å². The molecule has 0 saturated heterocycles. The van der Waals surface area contributed by atoms with Gasteiger partial charge in [0.2, 0.25) is 5.91 Å². The van der Waals surface area contributed by atoms with E-state index in [9.17, 15) is 4.79 Å². The Morgan fingerprint density at radius 2 is 1.87 bits per heavy atom. The van der Waals surface area contributed by atoms with Crippen molar-refractivity contribution in [2.24, 2.45) is 7.05 Å². The van der Waals surface area contributed by atoms with Gasteiger partial charge in [0.25, 0.3) is 0 Å². The highest BCUT2D eigenvalue weighted by Gasteiger charge is 2.14. The summed E-state index contributed by atoms with van der Waals surface area (Å²) in [5.74, 6) is 2.04. The monoisotopic (exact) mass is 550 g/mol. The summed E-state index contributed by atoms with van der Waals surface area (Å²) >= 11 is 3.65. The maximum atomic E-state index is 12.5. The molecular formula is C23H27IN4O2S. The molecule has 8 heteroatoms. The number of carbonyl (C=O) groups excluding carboxylic acids is 1. The molecule has 0 spiro atoms. The minimum atomic E-state index is -0.0656. The molecular weight excluding hydrogens is 523 g/mol. The molecule has 0 atom stereocenters. The second-order valence-corrected chi connectivity index (χ2v) is 9.98. The van der Waals surface area contributed by atoms with E-state index >= 15 is 0 Å². The van der Waals surface area contributed by atoms with Crippen LogP contribution in [0, 0.1) is 17.4 Å². The van der Waals surface area contributed by atoms with Crippen LogP contribution in [0.4, 0.5) is 5.69 Å². The number of aromatic nitrogens is 3. The minimum absolute atomic E-state index is 0.0656. The molecule has 3 aromatic rings. The van der Waals surface area contributed by atoms with Crippen LogP contribution in [-0.4, -0.2) is 26.4 Å². The Hall–Kier alpha value is -2.07. The maximum Gasteiger partial charge on any atom is 0.234 e. The zero-order valence-corrected chi connectivity index (χ0v) is 21.4. The standard InChI is InChI=1S/C23H27IN4O2S/c1-14(2)19-11-17(24)6-7-20(19)25-22(29)13-31-23-27-26-21(28(23)5)12-30-18-9-15(3)8-16(4)10-18/h6-11,14H,12-13H2,1-5H3,(H,25,29). The molecule has 1 N–H and O–H groups in total. The summed E-state index contributed by atoms with van der Waals surface area (Å²) in [4.78, 5) is 12.5. The number of thioether (sulfide) groups is 1. The number of rotatable bonds is 8. The lowest BCUT2D eigenvalue weighted by Gasteiger charge is -2.14. The first-order valence-corrected chi connectivity index (χ1v) is 12.1. The summed E-state index contributed by atoms with van der Waals surface area (Å²) in [5, 5.41) is 12.1. The van der Waals surface area contributed by atoms with E-state index in [0.29, 0.717) is 23.5 Å². The van der Waals surface area contributed by atoms with Crippen LogP contribution in [0.15, 0.2) is 41.6 Å². The molecule has 0 aliphatic heterocycles. The molecule has 0 bridgehead atoms. The van der Waals surface area contributed by atoms with Gasteiger partial charge in [0.15, 0.2) is 11.0 Å². The number of halogens is 1. The number of amides is 1. The van der Waals surface area contributed by atoms with E-state index < -0.39 is 0 Å². The smallest absolute Gasteiger partial charge is 0.234 e.